The van der Waals surface area contributed by atoms with Gasteiger partial charge in [0.1, 0.15) is 0 Å². The minimum Gasteiger partial charge on any atom is -0.493 e. The molecule has 1 amide bonds. The Bertz CT molecular complexity index is 694. The fraction of sp³-hybridized carbons (Fsp3) is 0.263. The predicted molar refractivity (Wildman–Crippen MR) is 94.8 cm³/mol. The molecule has 0 aliphatic carbocycles. The molecule has 0 saturated heterocycles. The van der Waals surface area contributed by atoms with E-state index in [-0.39, 0.29) is 12.5 Å². The van der Waals surface area contributed by atoms with E-state index in [0.717, 1.165) is 5.56 Å². The number of benzene rings is 2. The standard InChI is InChI=1S/C19H22N2O3/c1-14(2)16-10-8-15(9-11-16)12-20-21-19(22)13-24-18-7-5-4-6-17(18)23-3/h4-12,14H,13H2,1-3H3,(H,21,22)/b20-12-. The van der Waals surface area contributed by atoms with Gasteiger partial charge < -0.3 is 9.47 Å². The largest absolute Gasteiger partial charge is 0.493 e. The lowest BCUT2D eigenvalue weighted by molar-refractivity contribution is -0.123. The molecule has 0 atom stereocenters. The van der Waals surface area contributed by atoms with Gasteiger partial charge >= 0.3 is 0 Å². The van der Waals surface area contributed by atoms with E-state index in [1.807, 2.05) is 24.3 Å². The molecular formula is C19H22N2O3. The predicted octanol–water partition coefficient (Wildman–Crippen LogP) is 3.35. The number of hydrogen-bond donors (Lipinski definition) is 1. The summed E-state index contributed by atoms with van der Waals surface area (Å²) in [5.41, 5.74) is 4.63. The van der Waals surface area contributed by atoms with Crippen molar-refractivity contribution in [3.8, 4) is 11.5 Å². The Morgan fingerprint density at radius 2 is 1.79 bits per heavy atom. The van der Waals surface area contributed by atoms with Crippen LogP contribution in [-0.2, 0) is 4.79 Å². The summed E-state index contributed by atoms with van der Waals surface area (Å²) in [6.07, 6.45) is 1.60. The number of hydrogen-bond acceptors (Lipinski definition) is 4. The maximum atomic E-state index is 11.8. The zero-order valence-corrected chi connectivity index (χ0v) is 14.2. The summed E-state index contributed by atoms with van der Waals surface area (Å²) >= 11 is 0. The Morgan fingerprint density at radius 1 is 1.12 bits per heavy atom. The van der Waals surface area contributed by atoms with Crippen LogP contribution in [0.25, 0.3) is 0 Å². The highest BCUT2D eigenvalue weighted by atomic mass is 16.5. The third-order valence-electron chi connectivity index (χ3n) is 3.43. The SMILES string of the molecule is COc1ccccc1OCC(=O)N/N=C\c1ccc(C(C)C)cc1. The van der Waals surface area contributed by atoms with Crippen molar-refractivity contribution in [1.82, 2.24) is 5.43 Å². The van der Waals surface area contributed by atoms with Crippen molar-refractivity contribution in [3.63, 3.8) is 0 Å². The Balaban J connectivity index is 1.82. The Morgan fingerprint density at radius 3 is 2.42 bits per heavy atom. The van der Waals surface area contributed by atoms with Gasteiger partial charge in [0, 0.05) is 0 Å². The third-order valence-corrected chi connectivity index (χ3v) is 3.43. The average molecular weight is 326 g/mol. The number of para-hydroxylation sites is 2. The molecule has 24 heavy (non-hydrogen) atoms. The van der Waals surface area contributed by atoms with Gasteiger partial charge in [-0.2, -0.15) is 5.10 Å². The fourth-order valence-corrected chi connectivity index (χ4v) is 2.06. The maximum Gasteiger partial charge on any atom is 0.277 e. The first-order chi connectivity index (χ1) is 11.6. The number of hydrazone groups is 1. The quantitative estimate of drug-likeness (QED) is 0.627. The van der Waals surface area contributed by atoms with Crippen molar-refractivity contribution in [2.45, 2.75) is 19.8 Å². The van der Waals surface area contributed by atoms with Crippen molar-refractivity contribution in [1.29, 1.82) is 0 Å². The van der Waals surface area contributed by atoms with Gasteiger partial charge in [0.2, 0.25) is 0 Å². The summed E-state index contributed by atoms with van der Waals surface area (Å²) in [6, 6.07) is 15.2. The van der Waals surface area contributed by atoms with E-state index in [1.54, 1.807) is 25.5 Å². The minimum atomic E-state index is -0.337. The van der Waals surface area contributed by atoms with Crippen LogP contribution in [0, 0.1) is 0 Å². The molecule has 0 saturated carbocycles. The van der Waals surface area contributed by atoms with Crippen LogP contribution in [0.2, 0.25) is 0 Å². The van der Waals surface area contributed by atoms with Crippen LogP contribution in [0.15, 0.2) is 53.6 Å². The van der Waals surface area contributed by atoms with E-state index in [9.17, 15) is 4.79 Å². The lowest BCUT2D eigenvalue weighted by Gasteiger charge is -2.09. The highest BCUT2D eigenvalue weighted by Gasteiger charge is 2.05. The molecule has 0 spiro atoms. The molecule has 0 aliphatic rings. The smallest absolute Gasteiger partial charge is 0.277 e. The van der Waals surface area contributed by atoms with Gasteiger partial charge in [-0.25, -0.2) is 5.43 Å². The van der Waals surface area contributed by atoms with Gasteiger partial charge in [-0.05, 0) is 29.2 Å². The van der Waals surface area contributed by atoms with Crippen molar-refractivity contribution >= 4 is 12.1 Å². The molecule has 0 fully saturated rings. The third kappa shape index (κ3) is 5.12. The topological polar surface area (TPSA) is 59.9 Å². The number of amides is 1. The molecule has 5 nitrogen and oxygen atoms in total. The van der Waals surface area contributed by atoms with Crippen molar-refractivity contribution < 1.29 is 14.3 Å². The van der Waals surface area contributed by atoms with E-state index in [1.165, 1.54) is 5.56 Å². The second-order valence-electron chi connectivity index (χ2n) is 5.55. The molecular weight excluding hydrogens is 304 g/mol. The molecule has 0 bridgehead atoms. The van der Waals surface area contributed by atoms with E-state index in [0.29, 0.717) is 17.4 Å². The van der Waals surface area contributed by atoms with Crippen LogP contribution in [-0.4, -0.2) is 25.8 Å². The summed E-state index contributed by atoms with van der Waals surface area (Å²) in [6.45, 7) is 4.15. The maximum absolute atomic E-state index is 11.8. The zero-order chi connectivity index (χ0) is 17.4. The average Bonchev–Trinajstić information content (AvgIpc) is 2.60. The molecule has 0 radical (unpaired) electrons. The lowest BCUT2D eigenvalue weighted by atomic mass is 10.0. The highest BCUT2D eigenvalue weighted by Crippen LogP contribution is 2.25. The number of nitrogens with one attached hydrogen (secondary N) is 1. The molecule has 0 heterocycles. The number of nitrogens with zero attached hydrogens (tertiary/aromatic N) is 1. The van der Waals surface area contributed by atoms with Crippen LogP contribution in [0.5, 0.6) is 11.5 Å². The summed E-state index contributed by atoms with van der Waals surface area (Å²) in [4.78, 5) is 11.8. The Kier molecular flexibility index (Phi) is 6.37. The van der Waals surface area contributed by atoms with Gasteiger partial charge in [-0.3, -0.25) is 4.79 Å². The number of methoxy groups -OCH3 is 1. The normalized spacial score (nSPS) is 10.8. The summed E-state index contributed by atoms with van der Waals surface area (Å²) in [5, 5.41) is 3.94. The van der Waals surface area contributed by atoms with Gasteiger partial charge in [-0.1, -0.05) is 50.2 Å². The Hall–Kier alpha value is -2.82. The molecule has 2 aromatic carbocycles. The summed E-state index contributed by atoms with van der Waals surface area (Å²) < 4.78 is 10.6. The molecule has 2 aromatic rings. The molecule has 1 N–H and O–H groups in total. The summed E-state index contributed by atoms with van der Waals surface area (Å²) in [7, 11) is 1.55. The molecule has 0 unspecified atom stereocenters. The van der Waals surface area contributed by atoms with Gasteiger partial charge in [0.15, 0.2) is 18.1 Å². The first-order valence-corrected chi connectivity index (χ1v) is 7.78. The fourth-order valence-electron chi connectivity index (χ4n) is 2.06. The van der Waals surface area contributed by atoms with E-state index in [4.69, 9.17) is 9.47 Å². The number of carbonyl (C=O) groups is 1. The van der Waals surface area contributed by atoms with Crippen LogP contribution < -0.4 is 14.9 Å². The number of carbonyl (C=O) groups excluding carboxylic acids is 1. The second-order valence-corrected chi connectivity index (χ2v) is 5.55. The molecule has 0 aliphatic heterocycles. The van der Waals surface area contributed by atoms with Crippen LogP contribution in [0.3, 0.4) is 0 Å². The van der Waals surface area contributed by atoms with Crippen LogP contribution in [0.1, 0.15) is 30.9 Å². The van der Waals surface area contributed by atoms with Crippen LogP contribution in [0.4, 0.5) is 0 Å². The van der Waals surface area contributed by atoms with Crippen molar-refractivity contribution in [3.05, 3.63) is 59.7 Å². The van der Waals surface area contributed by atoms with E-state index < -0.39 is 0 Å². The zero-order valence-electron chi connectivity index (χ0n) is 14.2. The van der Waals surface area contributed by atoms with E-state index in [2.05, 4.69) is 36.5 Å². The second kappa shape index (κ2) is 8.72. The highest BCUT2D eigenvalue weighted by molar-refractivity contribution is 5.83. The van der Waals surface area contributed by atoms with Crippen molar-refractivity contribution in [2.75, 3.05) is 13.7 Å². The Labute approximate surface area is 142 Å². The van der Waals surface area contributed by atoms with Crippen LogP contribution >= 0.6 is 0 Å². The number of ether oxygens (including phenoxy) is 2. The van der Waals surface area contributed by atoms with Gasteiger partial charge in [0.25, 0.3) is 5.91 Å². The lowest BCUT2D eigenvalue weighted by Crippen LogP contribution is -2.24. The van der Waals surface area contributed by atoms with Gasteiger partial charge in [-0.15, -0.1) is 0 Å². The molecule has 0 aromatic heterocycles. The first-order valence-electron chi connectivity index (χ1n) is 7.78. The van der Waals surface area contributed by atoms with Crippen molar-refractivity contribution in [2.24, 2.45) is 5.10 Å². The summed E-state index contributed by atoms with van der Waals surface area (Å²) in [5.74, 6) is 1.25. The molecule has 2 rings (SSSR count). The molecule has 5 heteroatoms. The monoisotopic (exact) mass is 326 g/mol. The molecule has 126 valence electrons. The van der Waals surface area contributed by atoms with Gasteiger partial charge in [0.05, 0.1) is 13.3 Å². The minimum absolute atomic E-state index is 0.135. The van der Waals surface area contributed by atoms with E-state index >= 15 is 0 Å². The number of rotatable bonds is 7. The first kappa shape index (κ1) is 17.5.